The summed E-state index contributed by atoms with van der Waals surface area (Å²) in [5.41, 5.74) is 0. The Balaban J connectivity index is 2.49. The summed E-state index contributed by atoms with van der Waals surface area (Å²) in [5.74, 6) is 0. The molecule has 66 valence electrons. The van der Waals surface area contributed by atoms with Crippen LogP contribution in [0.25, 0.3) is 0 Å². The van der Waals surface area contributed by atoms with Gasteiger partial charge in [0.2, 0.25) is 0 Å². The second kappa shape index (κ2) is 3.49. The molecule has 0 unspecified atom stereocenters. The first-order chi connectivity index (χ1) is 5.16. The zero-order valence-corrected chi connectivity index (χ0v) is 6.64. The van der Waals surface area contributed by atoms with Gasteiger partial charge < -0.3 is 15.3 Å². The van der Waals surface area contributed by atoms with Crippen LogP contribution in [-0.2, 0) is 0 Å². The first kappa shape index (κ1) is 8.93. The lowest BCUT2D eigenvalue weighted by Gasteiger charge is -2.20. The van der Waals surface area contributed by atoms with Crippen molar-refractivity contribution in [2.75, 3.05) is 20.2 Å². The number of likely N-dealkylation sites (N-methyl/N-ethyl adjacent to an activating group) is 1. The molecule has 3 N–H and O–H groups in total. The Kier molecular flexibility index (Phi) is 2.84. The van der Waals surface area contributed by atoms with Crippen LogP contribution in [0.15, 0.2) is 0 Å². The SMILES string of the molecule is CN1C[C@@H](O)[C@@H](O)[C@H]1CCO. The summed E-state index contributed by atoms with van der Waals surface area (Å²) in [6.45, 7) is 0.546. The first-order valence-electron chi connectivity index (χ1n) is 3.84. The summed E-state index contributed by atoms with van der Waals surface area (Å²) in [4.78, 5) is 1.87. The normalized spacial score (nSPS) is 39.8. The highest BCUT2D eigenvalue weighted by Crippen LogP contribution is 2.18. The van der Waals surface area contributed by atoms with E-state index in [-0.39, 0.29) is 12.6 Å². The van der Waals surface area contributed by atoms with Crippen molar-refractivity contribution in [1.82, 2.24) is 4.90 Å². The fraction of sp³-hybridized carbons (Fsp3) is 1.00. The number of nitrogens with zero attached hydrogens (tertiary/aromatic N) is 1. The molecule has 1 fully saturated rings. The zero-order valence-electron chi connectivity index (χ0n) is 6.64. The number of aliphatic hydroxyl groups is 3. The predicted molar refractivity (Wildman–Crippen MR) is 40.1 cm³/mol. The average Bonchev–Trinajstić information content (AvgIpc) is 2.17. The fourth-order valence-electron chi connectivity index (χ4n) is 1.58. The highest BCUT2D eigenvalue weighted by Gasteiger charge is 2.36. The maximum Gasteiger partial charge on any atom is 0.0967 e. The number of hydrogen-bond acceptors (Lipinski definition) is 4. The quantitative estimate of drug-likeness (QED) is 0.456. The predicted octanol–water partition coefficient (Wildman–Crippen LogP) is -1.60. The van der Waals surface area contributed by atoms with E-state index < -0.39 is 12.2 Å². The zero-order chi connectivity index (χ0) is 8.43. The summed E-state index contributed by atoms with van der Waals surface area (Å²) in [6, 6.07) is -0.0880. The number of β-amino-alcohol motifs (C(OH)–C–C–N with tert-alkyl or cyclic N) is 1. The summed E-state index contributed by atoms with van der Waals surface area (Å²) in [7, 11) is 1.83. The van der Waals surface area contributed by atoms with Crippen molar-refractivity contribution in [1.29, 1.82) is 0 Å². The molecule has 0 bridgehead atoms. The first-order valence-corrected chi connectivity index (χ1v) is 3.84. The van der Waals surface area contributed by atoms with Crippen molar-refractivity contribution < 1.29 is 15.3 Å². The Hall–Kier alpha value is -0.160. The molecule has 11 heavy (non-hydrogen) atoms. The smallest absolute Gasteiger partial charge is 0.0967 e. The van der Waals surface area contributed by atoms with E-state index in [0.717, 1.165) is 0 Å². The van der Waals surface area contributed by atoms with Crippen LogP contribution < -0.4 is 0 Å². The summed E-state index contributed by atoms with van der Waals surface area (Å²) in [5, 5.41) is 27.2. The number of aliphatic hydroxyl groups excluding tert-OH is 3. The van der Waals surface area contributed by atoms with E-state index in [4.69, 9.17) is 5.11 Å². The van der Waals surface area contributed by atoms with E-state index in [1.807, 2.05) is 11.9 Å². The van der Waals surface area contributed by atoms with Gasteiger partial charge in [-0.15, -0.1) is 0 Å². The summed E-state index contributed by atoms with van der Waals surface area (Å²) >= 11 is 0. The molecule has 0 spiro atoms. The minimum atomic E-state index is -0.702. The van der Waals surface area contributed by atoms with E-state index in [0.29, 0.717) is 13.0 Å². The van der Waals surface area contributed by atoms with Gasteiger partial charge in [-0.05, 0) is 13.5 Å². The van der Waals surface area contributed by atoms with Gasteiger partial charge in [-0.25, -0.2) is 0 Å². The Morgan fingerprint density at radius 1 is 1.45 bits per heavy atom. The lowest BCUT2D eigenvalue weighted by atomic mass is 10.1. The standard InChI is InChI=1S/C7H15NO3/c1-8-4-6(10)7(11)5(8)2-3-9/h5-7,9-11H,2-4H2,1H3/t5-,6-,7+/m1/s1. The molecule has 0 aromatic rings. The van der Waals surface area contributed by atoms with Gasteiger partial charge in [-0.3, -0.25) is 4.90 Å². The second-order valence-electron chi connectivity index (χ2n) is 3.08. The molecule has 4 nitrogen and oxygen atoms in total. The molecule has 1 aliphatic heterocycles. The molecule has 0 aromatic carbocycles. The van der Waals surface area contributed by atoms with Crippen LogP contribution in [0, 0.1) is 0 Å². The molecule has 4 heteroatoms. The Bertz CT molecular complexity index is 131. The van der Waals surface area contributed by atoms with Gasteiger partial charge in [0, 0.05) is 19.2 Å². The maximum atomic E-state index is 9.36. The molecular weight excluding hydrogens is 146 g/mol. The average molecular weight is 161 g/mol. The molecule has 0 saturated carbocycles. The molecule has 0 radical (unpaired) electrons. The largest absolute Gasteiger partial charge is 0.396 e. The molecular formula is C7H15NO3. The fourth-order valence-corrected chi connectivity index (χ4v) is 1.58. The van der Waals surface area contributed by atoms with E-state index in [2.05, 4.69) is 0 Å². The van der Waals surface area contributed by atoms with Crippen molar-refractivity contribution >= 4 is 0 Å². The monoisotopic (exact) mass is 161 g/mol. The van der Waals surface area contributed by atoms with Crippen LogP contribution in [0.3, 0.4) is 0 Å². The van der Waals surface area contributed by atoms with Crippen molar-refractivity contribution in [3.63, 3.8) is 0 Å². The van der Waals surface area contributed by atoms with Crippen LogP contribution >= 0.6 is 0 Å². The lowest BCUT2D eigenvalue weighted by molar-refractivity contribution is 0.0328. The second-order valence-corrected chi connectivity index (χ2v) is 3.08. The van der Waals surface area contributed by atoms with Gasteiger partial charge in [0.1, 0.15) is 0 Å². The highest BCUT2D eigenvalue weighted by atomic mass is 16.3. The van der Waals surface area contributed by atoms with E-state index in [1.165, 1.54) is 0 Å². The summed E-state index contributed by atoms with van der Waals surface area (Å²) in [6.07, 6.45) is -0.835. The third kappa shape index (κ3) is 1.70. The molecule has 1 heterocycles. The van der Waals surface area contributed by atoms with E-state index in [9.17, 15) is 10.2 Å². The minimum Gasteiger partial charge on any atom is -0.396 e. The molecule has 0 amide bonds. The molecule has 0 aromatic heterocycles. The van der Waals surface area contributed by atoms with Gasteiger partial charge in [-0.1, -0.05) is 0 Å². The van der Waals surface area contributed by atoms with Crippen molar-refractivity contribution in [2.45, 2.75) is 24.7 Å². The van der Waals surface area contributed by atoms with Crippen LogP contribution in [0.1, 0.15) is 6.42 Å². The molecule has 1 saturated heterocycles. The van der Waals surface area contributed by atoms with Crippen LogP contribution in [-0.4, -0.2) is 58.7 Å². The van der Waals surface area contributed by atoms with Crippen LogP contribution in [0.2, 0.25) is 0 Å². The number of hydrogen-bond donors (Lipinski definition) is 3. The molecule has 3 atom stereocenters. The summed E-state index contributed by atoms with van der Waals surface area (Å²) < 4.78 is 0. The van der Waals surface area contributed by atoms with Crippen LogP contribution in [0.4, 0.5) is 0 Å². The maximum absolute atomic E-state index is 9.36. The Labute approximate surface area is 66.1 Å². The van der Waals surface area contributed by atoms with Crippen molar-refractivity contribution in [3.8, 4) is 0 Å². The third-order valence-electron chi connectivity index (χ3n) is 2.25. The van der Waals surface area contributed by atoms with Gasteiger partial charge >= 0.3 is 0 Å². The molecule has 1 aliphatic rings. The topological polar surface area (TPSA) is 63.9 Å². The number of likely N-dealkylation sites (tertiary alicyclic amines) is 1. The third-order valence-corrected chi connectivity index (χ3v) is 2.25. The van der Waals surface area contributed by atoms with Crippen molar-refractivity contribution in [2.24, 2.45) is 0 Å². The Morgan fingerprint density at radius 2 is 2.09 bits per heavy atom. The van der Waals surface area contributed by atoms with Gasteiger partial charge in [0.25, 0.3) is 0 Å². The lowest BCUT2D eigenvalue weighted by Crippen LogP contribution is -2.34. The molecule has 0 aliphatic carbocycles. The van der Waals surface area contributed by atoms with Crippen LogP contribution in [0.5, 0.6) is 0 Å². The van der Waals surface area contributed by atoms with E-state index >= 15 is 0 Å². The van der Waals surface area contributed by atoms with Gasteiger partial charge in [0.15, 0.2) is 0 Å². The van der Waals surface area contributed by atoms with Gasteiger partial charge in [0.05, 0.1) is 12.2 Å². The Morgan fingerprint density at radius 3 is 2.45 bits per heavy atom. The van der Waals surface area contributed by atoms with E-state index in [1.54, 1.807) is 0 Å². The molecule has 1 rings (SSSR count). The van der Waals surface area contributed by atoms with Gasteiger partial charge in [-0.2, -0.15) is 0 Å². The number of rotatable bonds is 2. The highest BCUT2D eigenvalue weighted by molar-refractivity contribution is 4.91. The van der Waals surface area contributed by atoms with Crippen molar-refractivity contribution in [3.05, 3.63) is 0 Å². The minimum absolute atomic E-state index is 0.0544.